The average Bonchev–Trinajstić information content (AvgIpc) is 3.29. The summed E-state index contributed by atoms with van der Waals surface area (Å²) in [6.45, 7) is 2.51. The molecule has 1 atom stereocenters. The van der Waals surface area contributed by atoms with Gasteiger partial charge < -0.3 is 4.74 Å². The van der Waals surface area contributed by atoms with Gasteiger partial charge in [-0.15, -0.1) is 0 Å². The van der Waals surface area contributed by atoms with E-state index in [0.717, 1.165) is 5.56 Å². The van der Waals surface area contributed by atoms with Crippen molar-refractivity contribution >= 4 is 0 Å². The molecule has 104 valence electrons. The third-order valence-electron chi connectivity index (χ3n) is 3.80. The molecule has 1 nitrogen and oxygen atoms in total. The van der Waals surface area contributed by atoms with Gasteiger partial charge in [0.2, 0.25) is 0 Å². The number of benzene rings is 2. The van der Waals surface area contributed by atoms with Crippen molar-refractivity contribution in [3.05, 3.63) is 71.0 Å². The molecule has 0 aromatic heterocycles. The van der Waals surface area contributed by atoms with E-state index in [1.54, 1.807) is 13.0 Å². The van der Waals surface area contributed by atoms with Gasteiger partial charge in [-0.3, -0.25) is 0 Å². The van der Waals surface area contributed by atoms with Gasteiger partial charge in [-0.25, -0.2) is 4.39 Å². The maximum absolute atomic E-state index is 14.4. The second-order valence-corrected chi connectivity index (χ2v) is 5.55. The van der Waals surface area contributed by atoms with Crippen LogP contribution in [-0.2, 0) is 4.74 Å². The lowest BCUT2D eigenvalue weighted by molar-refractivity contribution is 0.0694. The topological polar surface area (TPSA) is 9.23 Å². The molecule has 2 heteroatoms. The minimum Gasteiger partial charge on any atom is -0.368 e. The van der Waals surface area contributed by atoms with E-state index in [1.165, 1.54) is 12.8 Å². The zero-order valence-electron chi connectivity index (χ0n) is 11.7. The van der Waals surface area contributed by atoms with Gasteiger partial charge in [0.15, 0.2) is 0 Å². The van der Waals surface area contributed by atoms with Crippen LogP contribution in [0.5, 0.6) is 0 Å². The Hall–Kier alpha value is -1.67. The van der Waals surface area contributed by atoms with Crippen LogP contribution in [0.4, 0.5) is 4.39 Å². The molecule has 0 spiro atoms. The van der Waals surface area contributed by atoms with Crippen molar-refractivity contribution < 1.29 is 9.13 Å². The van der Waals surface area contributed by atoms with E-state index in [4.69, 9.17) is 4.74 Å². The lowest BCUT2D eigenvalue weighted by atomic mass is 9.99. The number of halogens is 1. The van der Waals surface area contributed by atoms with Crippen LogP contribution in [0.15, 0.2) is 48.5 Å². The molecule has 1 saturated carbocycles. The van der Waals surface area contributed by atoms with Crippen molar-refractivity contribution in [2.75, 3.05) is 6.61 Å². The summed E-state index contributed by atoms with van der Waals surface area (Å²) in [6, 6.07) is 15.4. The van der Waals surface area contributed by atoms with Gasteiger partial charge in [0, 0.05) is 5.56 Å². The van der Waals surface area contributed by atoms with Crippen LogP contribution < -0.4 is 0 Å². The molecule has 0 aliphatic heterocycles. The Bertz CT molecular complexity index is 575. The summed E-state index contributed by atoms with van der Waals surface area (Å²) in [5, 5.41) is 0. The molecule has 1 aliphatic rings. The Morgan fingerprint density at radius 1 is 1.10 bits per heavy atom. The molecule has 2 aromatic rings. The van der Waals surface area contributed by atoms with E-state index in [9.17, 15) is 4.39 Å². The largest absolute Gasteiger partial charge is 0.368 e. The second-order valence-electron chi connectivity index (χ2n) is 5.55. The van der Waals surface area contributed by atoms with E-state index in [-0.39, 0.29) is 11.9 Å². The molecule has 0 N–H and O–H groups in total. The highest BCUT2D eigenvalue weighted by Crippen LogP contribution is 2.34. The Kier molecular flexibility index (Phi) is 3.83. The maximum Gasteiger partial charge on any atom is 0.132 e. The second kappa shape index (κ2) is 5.76. The normalized spacial score (nSPS) is 16.1. The number of hydrogen-bond donors (Lipinski definition) is 0. The molecule has 1 fully saturated rings. The van der Waals surface area contributed by atoms with Crippen LogP contribution in [0.2, 0.25) is 0 Å². The summed E-state index contributed by atoms with van der Waals surface area (Å²) in [6.07, 6.45) is 2.16. The lowest BCUT2D eigenvalue weighted by Gasteiger charge is -2.20. The first-order valence-electron chi connectivity index (χ1n) is 7.17. The van der Waals surface area contributed by atoms with Crippen LogP contribution in [0.3, 0.4) is 0 Å². The first-order chi connectivity index (χ1) is 9.75. The molecule has 0 amide bonds. The standard InChI is InChI=1S/C18H19FO/c1-13-6-5-9-16(17(13)19)18(20-12-14-10-11-14)15-7-3-2-4-8-15/h2-9,14,18H,10-12H2,1H3. The molecule has 0 radical (unpaired) electrons. The SMILES string of the molecule is Cc1cccc(C(OCC2CC2)c2ccccc2)c1F. The van der Waals surface area contributed by atoms with Crippen LogP contribution in [0.25, 0.3) is 0 Å². The van der Waals surface area contributed by atoms with Gasteiger partial charge in [0.1, 0.15) is 11.9 Å². The lowest BCUT2D eigenvalue weighted by Crippen LogP contribution is -2.11. The maximum atomic E-state index is 14.4. The van der Waals surface area contributed by atoms with Crippen molar-refractivity contribution in [2.24, 2.45) is 5.92 Å². The fourth-order valence-corrected chi connectivity index (χ4v) is 2.38. The number of hydrogen-bond acceptors (Lipinski definition) is 1. The predicted molar refractivity (Wildman–Crippen MR) is 78.1 cm³/mol. The molecular formula is C18H19FO. The van der Waals surface area contributed by atoms with Crippen molar-refractivity contribution in [3.8, 4) is 0 Å². The molecule has 20 heavy (non-hydrogen) atoms. The highest BCUT2D eigenvalue weighted by molar-refractivity contribution is 5.34. The third-order valence-corrected chi connectivity index (χ3v) is 3.80. The Morgan fingerprint density at radius 2 is 1.85 bits per heavy atom. The number of rotatable bonds is 5. The van der Waals surface area contributed by atoms with Crippen LogP contribution >= 0.6 is 0 Å². The van der Waals surface area contributed by atoms with Gasteiger partial charge in [0.25, 0.3) is 0 Å². The van der Waals surface area contributed by atoms with Crippen molar-refractivity contribution in [1.29, 1.82) is 0 Å². The van der Waals surface area contributed by atoms with E-state index >= 15 is 0 Å². The van der Waals surface area contributed by atoms with Gasteiger partial charge >= 0.3 is 0 Å². The zero-order valence-corrected chi connectivity index (χ0v) is 11.7. The number of ether oxygens (including phenoxy) is 1. The summed E-state index contributed by atoms with van der Waals surface area (Å²) in [5.74, 6) is 0.506. The molecule has 0 bridgehead atoms. The highest BCUT2D eigenvalue weighted by Gasteiger charge is 2.25. The minimum absolute atomic E-state index is 0.155. The first-order valence-corrected chi connectivity index (χ1v) is 7.17. The zero-order chi connectivity index (χ0) is 13.9. The fourth-order valence-electron chi connectivity index (χ4n) is 2.38. The Balaban J connectivity index is 1.93. The average molecular weight is 270 g/mol. The van der Waals surface area contributed by atoms with E-state index in [0.29, 0.717) is 23.7 Å². The summed E-state index contributed by atoms with van der Waals surface area (Å²) in [4.78, 5) is 0. The van der Waals surface area contributed by atoms with Crippen molar-refractivity contribution in [2.45, 2.75) is 25.9 Å². The third kappa shape index (κ3) is 2.91. The Morgan fingerprint density at radius 3 is 2.55 bits per heavy atom. The molecule has 3 rings (SSSR count). The minimum atomic E-state index is -0.309. The monoisotopic (exact) mass is 270 g/mol. The number of aryl methyl sites for hydroxylation is 1. The first kappa shape index (κ1) is 13.3. The van der Waals surface area contributed by atoms with Gasteiger partial charge in [-0.2, -0.15) is 0 Å². The molecule has 0 saturated heterocycles. The van der Waals surface area contributed by atoms with Gasteiger partial charge in [0.05, 0.1) is 6.61 Å². The van der Waals surface area contributed by atoms with Crippen molar-refractivity contribution in [3.63, 3.8) is 0 Å². The summed E-state index contributed by atoms with van der Waals surface area (Å²) < 4.78 is 20.4. The quantitative estimate of drug-likeness (QED) is 0.768. The van der Waals surface area contributed by atoms with Crippen LogP contribution in [0.1, 0.15) is 35.6 Å². The van der Waals surface area contributed by atoms with Gasteiger partial charge in [-0.1, -0.05) is 48.5 Å². The van der Waals surface area contributed by atoms with Crippen LogP contribution in [0, 0.1) is 18.7 Å². The van der Waals surface area contributed by atoms with Crippen molar-refractivity contribution in [1.82, 2.24) is 0 Å². The highest BCUT2D eigenvalue weighted by atomic mass is 19.1. The molecular weight excluding hydrogens is 251 g/mol. The Labute approximate surface area is 119 Å². The summed E-state index contributed by atoms with van der Waals surface area (Å²) in [5.41, 5.74) is 2.31. The van der Waals surface area contributed by atoms with Crippen LogP contribution in [-0.4, -0.2) is 6.61 Å². The summed E-state index contributed by atoms with van der Waals surface area (Å²) in [7, 11) is 0. The molecule has 1 aliphatic carbocycles. The van der Waals surface area contributed by atoms with E-state index in [2.05, 4.69) is 0 Å². The smallest absolute Gasteiger partial charge is 0.132 e. The molecule has 0 heterocycles. The van der Waals surface area contributed by atoms with Gasteiger partial charge in [-0.05, 0) is 36.8 Å². The van der Waals surface area contributed by atoms with E-state index in [1.807, 2.05) is 42.5 Å². The molecule has 2 aromatic carbocycles. The summed E-state index contributed by atoms with van der Waals surface area (Å²) >= 11 is 0. The molecule has 1 unspecified atom stereocenters. The van der Waals surface area contributed by atoms with E-state index < -0.39 is 0 Å². The fraction of sp³-hybridized carbons (Fsp3) is 0.333. The predicted octanol–water partition coefficient (Wildman–Crippen LogP) is 4.65.